The van der Waals surface area contributed by atoms with Gasteiger partial charge in [0.2, 0.25) is 0 Å². The van der Waals surface area contributed by atoms with Gasteiger partial charge >= 0.3 is 5.97 Å². The van der Waals surface area contributed by atoms with Crippen molar-refractivity contribution in [1.82, 2.24) is 10.6 Å². The highest BCUT2D eigenvalue weighted by atomic mass is 127. The Hall–Kier alpha value is -1.31. The van der Waals surface area contributed by atoms with Crippen LogP contribution in [-0.2, 0) is 9.53 Å². The molecule has 0 heterocycles. The van der Waals surface area contributed by atoms with E-state index in [4.69, 9.17) is 4.74 Å². The summed E-state index contributed by atoms with van der Waals surface area (Å²) in [6.45, 7) is 7.34. The lowest BCUT2D eigenvalue weighted by molar-refractivity contribution is -0.144. The van der Waals surface area contributed by atoms with Gasteiger partial charge in [-0.15, -0.1) is 24.0 Å². The smallest absolute Gasteiger partial charge is 0.310 e. The number of carbonyl (C=O) groups is 1. The predicted octanol–water partition coefficient (Wildman–Crippen LogP) is 2.69. The quantitative estimate of drug-likeness (QED) is 0.314. The summed E-state index contributed by atoms with van der Waals surface area (Å²) in [5, 5.41) is 6.42. The molecule has 1 rings (SSSR count). The number of hydrogen-bond donors (Lipinski definition) is 2. The Bertz CT molecular complexity index is 503. The number of nitrogens with one attached hydrogen (secondary N) is 2. The standard InChI is InChI=1S/C17H27N3O2.HI/c1-12-6-8-15(9-7-12)13(2)10-19-17(18-4)20-11-14(3)16(21)22-5;/h6-9,13-14H,10-11H2,1-5H3,(H2,18,19,20);1H. The van der Waals surface area contributed by atoms with E-state index in [9.17, 15) is 4.79 Å². The number of hydrogen-bond acceptors (Lipinski definition) is 3. The Morgan fingerprint density at radius 3 is 2.26 bits per heavy atom. The van der Waals surface area contributed by atoms with E-state index >= 15 is 0 Å². The topological polar surface area (TPSA) is 62.7 Å². The molecule has 0 bridgehead atoms. The van der Waals surface area contributed by atoms with Crippen molar-refractivity contribution in [3.05, 3.63) is 35.4 Å². The van der Waals surface area contributed by atoms with Crippen LogP contribution in [-0.4, -0.2) is 39.2 Å². The molecule has 2 unspecified atom stereocenters. The third kappa shape index (κ3) is 7.67. The van der Waals surface area contributed by atoms with E-state index in [1.165, 1.54) is 18.2 Å². The highest BCUT2D eigenvalue weighted by Crippen LogP contribution is 2.14. The van der Waals surface area contributed by atoms with Crippen molar-refractivity contribution in [3.63, 3.8) is 0 Å². The van der Waals surface area contributed by atoms with E-state index in [1.54, 1.807) is 7.05 Å². The van der Waals surface area contributed by atoms with Crippen LogP contribution in [0.3, 0.4) is 0 Å². The molecule has 0 saturated carbocycles. The van der Waals surface area contributed by atoms with E-state index in [1.807, 2.05) is 6.92 Å². The van der Waals surface area contributed by atoms with Crippen LogP contribution in [0.15, 0.2) is 29.3 Å². The van der Waals surface area contributed by atoms with Gasteiger partial charge in [0, 0.05) is 20.1 Å². The van der Waals surface area contributed by atoms with E-state index < -0.39 is 0 Å². The third-order valence-corrected chi connectivity index (χ3v) is 3.62. The Morgan fingerprint density at radius 1 is 1.17 bits per heavy atom. The molecule has 2 atom stereocenters. The number of ether oxygens (including phenoxy) is 1. The fourth-order valence-electron chi connectivity index (χ4n) is 2.02. The van der Waals surface area contributed by atoms with Gasteiger partial charge in [-0.3, -0.25) is 9.79 Å². The van der Waals surface area contributed by atoms with Crippen molar-refractivity contribution < 1.29 is 9.53 Å². The first-order valence-corrected chi connectivity index (χ1v) is 7.56. The maximum absolute atomic E-state index is 11.4. The molecule has 0 aliphatic heterocycles. The molecule has 1 aromatic carbocycles. The molecule has 0 aromatic heterocycles. The lowest BCUT2D eigenvalue weighted by Gasteiger charge is -2.18. The Morgan fingerprint density at radius 2 is 1.74 bits per heavy atom. The van der Waals surface area contributed by atoms with Gasteiger partial charge in [0.15, 0.2) is 5.96 Å². The van der Waals surface area contributed by atoms with Crippen molar-refractivity contribution >= 4 is 35.9 Å². The zero-order chi connectivity index (χ0) is 16.5. The number of halogens is 1. The van der Waals surface area contributed by atoms with Crippen LogP contribution in [0.1, 0.15) is 30.9 Å². The molecule has 0 aliphatic rings. The molecule has 23 heavy (non-hydrogen) atoms. The first-order valence-electron chi connectivity index (χ1n) is 7.56. The number of benzene rings is 1. The van der Waals surface area contributed by atoms with Gasteiger partial charge in [-0.25, -0.2) is 0 Å². The first-order chi connectivity index (χ1) is 10.5. The summed E-state index contributed by atoms with van der Waals surface area (Å²) in [7, 11) is 3.11. The van der Waals surface area contributed by atoms with Gasteiger partial charge in [0.1, 0.15) is 0 Å². The summed E-state index contributed by atoms with van der Waals surface area (Å²) >= 11 is 0. The van der Waals surface area contributed by atoms with Crippen molar-refractivity contribution in [2.24, 2.45) is 10.9 Å². The number of methoxy groups -OCH3 is 1. The Labute approximate surface area is 156 Å². The minimum absolute atomic E-state index is 0. The molecule has 0 radical (unpaired) electrons. The molecule has 0 saturated heterocycles. The van der Waals surface area contributed by atoms with Gasteiger partial charge < -0.3 is 15.4 Å². The second kappa shape index (κ2) is 11.3. The molecule has 6 heteroatoms. The minimum Gasteiger partial charge on any atom is -0.469 e. The maximum Gasteiger partial charge on any atom is 0.310 e. The summed E-state index contributed by atoms with van der Waals surface area (Å²) in [4.78, 5) is 15.5. The van der Waals surface area contributed by atoms with E-state index in [0.29, 0.717) is 18.4 Å². The lowest BCUT2D eigenvalue weighted by atomic mass is 10.0. The zero-order valence-electron chi connectivity index (χ0n) is 14.6. The van der Waals surface area contributed by atoms with Crippen molar-refractivity contribution in [1.29, 1.82) is 0 Å². The van der Waals surface area contributed by atoms with Gasteiger partial charge in [-0.05, 0) is 18.4 Å². The van der Waals surface area contributed by atoms with Crippen LogP contribution < -0.4 is 10.6 Å². The molecule has 2 N–H and O–H groups in total. The predicted molar refractivity (Wildman–Crippen MR) is 106 cm³/mol. The monoisotopic (exact) mass is 433 g/mol. The van der Waals surface area contributed by atoms with Gasteiger partial charge in [-0.2, -0.15) is 0 Å². The fraction of sp³-hybridized carbons (Fsp3) is 0.529. The summed E-state index contributed by atoms with van der Waals surface area (Å²) in [6.07, 6.45) is 0. The molecular weight excluding hydrogens is 405 g/mol. The van der Waals surface area contributed by atoms with E-state index in [2.05, 4.69) is 53.7 Å². The van der Waals surface area contributed by atoms with E-state index in [-0.39, 0.29) is 35.9 Å². The average Bonchev–Trinajstić information content (AvgIpc) is 2.54. The number of nitrogens with zero attached hydrogens (tertiary/aromatic N) is 1. The number of aliphatic imine (C=N–C) groups is 1. The largest absolute Gasteiger partial charge is 0.469 e. The van der Waals surface area contributed by atoms with Crippen molar-refractivity contribution in [2.45, 2.75) is 26.7 Å². The zero-order valence-corrected chi connectivity index (χ0v) is 16.9. The number of rotatable bonds is 6. The molecule has 0 amide bonds. The van der Waals surface area contributed by atoms with Crippen LogP contribution in [0.25, 0.3) is 0 Å². The second-order valence-electron chi connectivity index (χ2n) is 5.57. The van der Waals surface area contributed by atoms with E-state index in [0.717, 1.165) is 6.54 Å². The van der Waals surface area contributed by atoms with Crippen LogP contribution in [0.5, 0.6) is 0 Å². The molecule has 1 aromatic rings. The van der Waals surface area contributed by atoms with Gasteiger partial charge in [0.25, 0.3) is 0 Å². The van der Waals surface area contributed by atoms with Crippen molar-refractivity contribution in [2.75, 3.05) is 27.2 Å². The molecule has 0 spiro atoms. The number of guanidine groups is 1. The molecule has 0 fully saturated rings. The Kier molecular flexibility index (Phi) is 10.6. The molecular formula is C17H28IN3O2. The normalized spacial score (nSPS) is 13.5. The summed E-state index contributed by atoms with van der Waals surface area (Å²) in [5.74, 6) is 0.626. The van der Waals surface area contributed by atoms with Crippen LogP contribution in [0.2, 0.25) is 0 Å². The third-order valence-electron chi connectivity index (χ3n) is 3.62. The van der Waals surface area contributed by atoms with Crippen LogP contribution in [0.4, 0.5) is 0 Å². The van der Waals surface area contributed by atoms with Crippen molar-refractivity contribution in [3.8, 4) is 0 Å². The highest BCUT2D eigenvalue weighted by molar-refractivity contribution is 14.0. The fourth-order valence-corrected chi connectivity index (χ4v) is 2.02. The lowest BCUT2D eigenvalue weighted by Crippen LogP contribution is -2.42. The van der Waals surface area contributed by atoms with Gasteiger partial charge in [0.05, 0.1) is 13.0 Å². The summed E-state index contributed by atoms with van der Waals surface area (Å²) in [6, 6.07) is 8.54. The SMILES string of the molecule is CN=C(NCC(C)C(=O)OC)NCC(C)c1ccc(C)cc1.I. The second-order valence-corrected chi connectivity index (χ2v) is 5.57. The Balaban J connectivity index is 0.00000484. The number of aryl methyl sites for hydroxylation is 1. The average molecular weight is 433 g/mol. The van der Waals surface area contributed by atoms with Crippen LogP contribution >= 0.6 is 24.0 Å². The van der Waals surface area contributed by atoms with Crippen LogP contribution in [0, 0.1) is 12.8 Å². The summed E-state index contributed by atoms with van der Waals surface area (Å²) in [5.41, 5.74) is 2.55. The number of esters is 1. The molecule has 130 valence electrons. The number of carbonyl (C=O) groups excluding carboxylic acids is 1. The molecule has 5 nitrogen and oxygen atoms in total. The highest BCUT2D eigenvalue weighted by Gasteiger charge is 2.13. The summed E-state index contributed by atoms with van der Waals surface area (Å²) < 4.78 is 4.70. The first kappa shape index (κ1) is 21.7. The van der Waals surface area contributed by atoms with Gasteiger partial charge in [-0.1, -0.05) is 43.7 Å². The minimum atomic E-state index is -0.226. The maximum atomic E-state index is 11.4. The molecule has 0 aliphatic carbocycles.